The number of nitrogens with one attached hydrogen (secondary N) is 1. The van der Waals surface area contributed by atoms with Crippen molar-refractivity contribution >= 4 is 0 Å². The number of aromatic nitrogens is 2. The van der Waals surface area contributed by atoms with Crippen molar-refractivity contribution in [3.8, 4) is 0 Å². The summed E-state index contributed by atoms with van der Waals surface area (Å²) in [6.07, 6.45) is 8.40. The van der Waals surface area contributed by atoms with E-state index in [0.29, 0.717) is 12.0 Å². The Morgan fingerprint density at radius 1 is 1.58 bits per heavy atom. The summed E-state index contributed by atoms with van der Waals surface area (Å²) in [4.78, 5) is 4.49. The third-order valence-corrected chi connectivity index (χ3v) is 4.28. The van der Waals surface area contributed by atoms with E-state index < -0.39 is 0 Å². The molecule has 19 heavy (non-hydrogen) atoms. The molecule has 0 amide bonds. The highest BCUT2D eigenvalue weighted by atomic mass is 16.3. The van der Waals surface area contributed by atoms with Gasteiger partial charge in [-0.1, -0.05) is 20.8 Å². The molecule has 0 bridgehead atoms. The first-order valence-corrected chi connectivity index (χ1v) is 7.50. The number of nitrogens with zero attached hydrogens (tertiary/aromatic N) is 2. The molecule has 2 atom stereocenters. The van der Waals surface area contributed by atoms with E-state index in [9.17, 15) is 5.11 Å². The SMILES string of the molecule is CCNC1(CO)CCCC(n2ccnc2C(C)C)C1. The van der Waals surface area contributed by atoms with Gasteiger partial charge in [0.1, 0.15) is 5.82 Å². The summed E-state index contributed by atoms with van der Waals surface area (Å²) in [5, 5.41) is 13.3. The van der Waals surface area contributed by atoms with Crippen LogP contribution in [0.4, 0.5) is 0 Å². The van der Waals surface area contributed by atoms with Gasteiger partial charge in [0.05, 0.1) is 6.61 Å². The molecule has 4 heteroatoms. The van der Waals surface area contributed by atoms with E-state index in [1.165, 1.54) is 6.42 Å². The Morgan fingerprint density at radius 2 is 2.37 bits per heavy atom. The molecule has 0 aliphatic heterocycles. The van der Waals surface area contributed by atoms with Gasteiger partial charge in [-0.3, -0.25) is 0 Å². The van der Waals surface area contributed by atoms with Crippen molar-refractivity contribution in [2.75, 3.05) is 13.2 Å². The number of rotatable bonds is 5. The lowest BCUT2D eigenvalue weighted by atomic mass is 9.79. The Labute approximate surface area is 116 Å². The third-order valence-electron chi connectivity index (χ3n) is 4.28. The number of likely N-dealkylation sites (N-methyl/N-ethyl adjacent to an activating group) is 1. The van der Waals surface area contributed by atoms with Gasteiger partial charge in [0.25, 0.3) is 0 Å². The molecule has 1 aromatic heterocycles. The van der Waals surface area contributed by atoms with E-state index in [-0.39, 0.29) is 12.1 Å². The van der Waals surface area contributed by atoms with Crippen LogP contribution in [-0.2, 0) is 0 Å². The maximum atomic E-state index is 9.78. The van der Waals surface area contributed by atoms with Crippen LogP contribution in [0.5, 0.6) is 0 Å². The van der Waals surface area contributed by atoms with E-state index >= 15 is 0 Å². The van der Waals surface area contributed by atoms with E-state index in [1.807, 2.05) is 6.20 Å². The monoisotopic (exact) mass is 265 g/mol. The van der Waals surface area contributed by atoms with Crippen LogP contribution in [0.3, 0.4) is 0 Å². The summed E-state index contributed by atoms with van der Waals surface area (Å²) in [5.74, 6) is 1.61. The van der Waals surface area contributed by atoms with Crippen molar-refractivity contribution < 1.29 is 5.11 Å². The van der Waals surface area contributed by atoms with Crippen molar-refractivity contribution in [2.24, 2.45) is 0 Å². The molecule has 0 spiro atoms. The van der Waals surface area contributed by atoms with Crippen molar-refractivity contribution in [1.82, 2.24) is 14.9 Å². The smallest absolute Gasteiger partial charge is 0.111 e. The third kappa shape index (κ3) is 3.00. The van der Waals surface area contributed by atoms with Crippen LogP contribution < -0.4 is 5.32 Å². The second-order valence-corrected chi connectivity index (χ2v) is 6.07. The van der Waals surface area contributed by atoms with Gasteiger partial charge >= 0.3 is 0 Å². The molecule has 108 valence electrons. The maximum Gasteiger partial charge on any atom is 0.111 e. The van der Waals surface area contributed by atoms with Crippen LogP contribution in [-0.4, -0.2) is 33.3 Å². The molecule has 1 heterocycles. The summed E-state index contributed by atoms with van der Waals surface area (Å²) < 4.78 is 2.32. The quantitative estimate of drug-likeness (QED) is 0.860. The Balaban J connectivity index is 2.18. The van der Waals surface area contributed by atoms with Gasteiger partial charge in [0.15, 0.2) is 0 Å². The van der Waals surface area contributed by atoms with Crippen LogP contribution in [0.25, 0.3) is 0 Å². The van der Waals surface area contributed by atoms with Gasteiger partial charge in [-0.05, 0) is 32.2 Å². The zero-order valence-corrected chi connectivity index (χ0v) is 12.4. The lowest BCUT2D eigenvalue weighted by molar-refractivity contribution is 0.0984. The normalized spacial score (nSPS) is 27.9. The van der Waals surface area contributed by atoms with E-state index in [0.717, 1.165) is 31.6 Å². The molecule has 4 nitrogen and oxygen atoms in total. The molecular weight excluding hydrogens is 238 g/mol. The highest BCUT2D eigenvalue weighted by molar-refractivity contribution is 5.03. The summed E-state index contributed by atoms with van der Waals surface area (Å²) >= 11 is 0. The van der Waals surface area contributed by atoms with Gasteiger partial charge in [-0.15, -0.1) is 0 Å². The second kappa shape index (κ2) is 6.06. The van der Waals surface area contributed by atoms with Crippen LogP contribution >= 0.6 is 0 Å². The number of aliphatic hydroxyl groups is 1. The van der Waals surface area contributed by atoms with Crippen LogP contribution in [0.15, 0.2) is 12.4 Å². The van der Waals surface area contributed by atoms with Gasteiger partial charge in [0, 0.05) is 29.9 Å². The highest BCUT2D eigenvalue weighted by Crippen LogP contribution is 2.36. The van der Waals surface area contributed by atoms with Gasteiger partial charge < -0.3 is 15.0 Å². The minimum Gasteiger partial charge on any atom is -0.394 e. The lowest BCUT2D eigenvalue weighted by Crippen LogP contribution is -2.51. The lowest BCUT2D eigenvalue weighted by Gasteiger charge is -2.41. The Hall–Kier alpha value is -0.870. The molecule has 1 aliphatic carbocycles. The van der Waals surface area contributed by atoms with Crippen LogP contribution in [0, 0.1) is 0 Å². The molecule has 2 N–H and O–H groups in total. The molecule has 1 saturated carbocycles. The molecule has 1 fully saturated rings. The molecule has 1 aromatic rings. The zero-order valence-electron chi connectivity index (χ0n) is 12.4. The first-order valence-electron chi connectivity index (χ1n) is 7.50. The fourth-order valence-corrected chi connectivity index (χ4v) is 3.38. The van der Waals surface area contributed by atoms with Crippen molar-refractivity contribution in [3.05, 3.63) is 18.2 Å². The molecule has 1 aliphatic rings. The van der Waals surface area contributed by atoms with Crippen molar-refractivity contribution in [2.45, 2.75) is 64.0 Å². The van der Waals surface area contributed by atoms with Gasteiger partial charge in [0.2, 0.25) is 0 Å². The highest BCUT2D eigenvalue weighted by Gasteiger charge is 2.36. The van der Waals surface area contributed by atoms with Crippen LogP contribution in [0.1, 0.15) is 64.2 Å². The minimum absolute atomic E-state index is 0.101. The Bertz CT molecular complexity index is 398. The largest absolute Gasteiger partial charge is 0.394 e. The van der Waals surface area contributed by atoms with Crippen molar-refractivity contribution in [3.63, 3.8) is 0 Å². The first-order chi connectivity index (χ1) is 9.12. The number of hydrogen-bond acceptors (Lipinski definition) is 3. The fourth-order valence-electron chi connectivity index (χ4n) is 3.38. The molecule has 2 unspecified atom stereocenters. The molecule has 0 radical (unpaired) electrons. The fraction of sp³-hybridized carbons (Fsp3) is 0.800. The first kappa shape index (κ1) is 14.5. The van der Waals surface area contributed by atoms with E-state index in [2.05, 4.69) is 41.8 Å². The van der Waals surface area contributed by atoms with Crippen LogP contribution in [0.2, 0.25) is 0 Å². The predicted molar refractivity (Wildman–Crippen MR) is 77.3 cm³/mol. The minimum atomic E-state index is -0.101. The topological polar surface area (TPSA) is 50.1 Å². The predicted octanol–water partition coefficient (Wildman–Crippen LogP) is 2.46. The molecular formula is C15H27N3O. The Morgan fingerprint density at radius 3 is 3.00 bits per heavy atom. The summed E-state index contributed by atoms with van der Waals surface area (Å²) in [7, 11) is 0. The molecule has 0 saturated heterocycles. The Kier molecular flexibility index (Phi) is 4.63. The number of hydrogen-bond donors (Lipinski definition) is 2. The number of aliphatic hydroxyl groups excluding tert-OH is 1. The summed E-state index contributed by atoms with van der Waals surface area (Å²) in [6, 6.07) is 0.458. The standard InChI is InChI=1S/C15H27N3O/c1-4-17-15(11-19)7-5-6-13(10-15)18-9-8-16-14(18)12(2)3/h8-9,12-13,17,19H,4-7,10-11H2,1-3H3. The zero-order chi connectivity index (χ0) is 13.9. The van der Waals surface area contributed by atoms with Gasteiger partial charge in [-0.25, -0.2) is 4.98 Å². The average molecular weight is 265 g/mol. The van der Waals surface area contributed by atoms with E-state index in [4.69, 9.17) is 0 Å². The summed E-state index contributed by atoms with van der Waals surface area (Å²) in [5.41, 5.74) is -0.101. The molecule has 0 aromatic carbocycles. The maximum absolute atomic E-state index is 9.78. The van der Waals surface area contributed by atoms with E-state index in [1.54, 1.807) is 0 Å². The molecule has 2 rings (SSSR count). The second-order valence-electron chi connectivity index (χ2n) is 6.07. The summed E-state index contributed by atoms with van der Waals surface area (Å²) in [6.45, 7) is 7.62. The number of imidazole rings is 1. The van der Waals surface area contributed by atoms with Gasteiger partial charge in [-0.2, -0.15) is 0 Å². The van der Waals surface area contributed by atoms with Crippen molar-refractivity contribution in [1.29, 1.82) is 0 Å². The average Bonchev–Trinajstić information content (AvgIpc) is 2.89.